The van der Waals surface area contributed by atoms with Gasteiger partial charge in [0.25, 0.3) is 0 Å². The van der Waals surface area contributed by atoms with E-state index < -0.39 is 23.6 Å². The molecule has 0 bridgehead atoms. The second kappa shape index (κ2) is 8.33. The lowest BCUT2D eigenvalue weighted by atomic mass is 9.93. The second-order valence-electron chi connectivity index (χ2n) is 8.18. The molecule has 1 aliphatic heterocycles. The van der Waals surface area contributed by atoms with Crippen LogP contribution < -0.4 is 0 Å². The Kier molecular flexibility index (Phi) is 6.03. The zero-order chi connectivity index (χ0) is 21.2. The molecule has 0 aromatic heterocycles. The molecule has 3 rings (SSSR count). The minimum Gasteiger partial charge on any atom is -0.444 e. The SMILES string of the molecule is Cc1cccc(-c2c(F)cccc2C(=O)C2CN(C(=O)OC(C)(C)C)CCO2)c1. The van der Waals surface area contributed by atoms with Gasteiger partial charge in [-0.25, -0.2) is 9.18 Å². The van der Waals surface area contributed by atoms with Crippen molar-refractivity contribution in [3.63, 3.8) is 0 Å². The highest BCUT2D eigenvalue weighted by Crippen LogP contribution is 2.29. The van der Waals surface area contributed by atoms with E-state index in [2.05, 4.69) is 0 Å². The van der Waals surface area contributed by atoms with Crippen LogP contribution in [-0.2, 0) is 9.47 Å². The molecule has 1 saturated heterocycles. The standard InChI is InChI=1S/C23H26FNO4/c1-15-7-5-8-16(13-15)20-17(9-6-10-18(20)24)21(26)19-14-25(11-12-28-19)22(27)29-23(2,3)4/h5-10,13,19H,11-12,14H2,1-4H3. The number of hydrogen-bond acceptors (Lipinski definition) is 4. The first kappa shape index (κ1) is 21.0. The van der Waals surface area contributed by atoms with Crippen LogP contribution in [0.1, 0.15) is 36.7 Å². The number of carbonyl (C=O) groups excluding carboxylic acids is 2. The van der Waals surface area contributed by atoms with Crippen molar-refractivity contribution in [3.8, 4) is 11.1 Å². The Bertz CT molecular complexity index is 919. The van der Waals surface area contributed by atoms with E-state index in [0.29, 0.717) is 12.1 Å². The average molecular weight is 399 g/mol. The molecule has 0 aliphatic carbocycles. The highest BCUT2D eigenvalue weighted by atomic mass is 19.1. The number of halogens is 1. The lowest BCUT2D eigenvalue weighted by molar-refractivity contribution is -0.0321. The van der Waals surface area contributed by atoms with Crippen molar-refractivity contribution in [2.75, 3.05) is 19.7 Å². The van der Waals surface area contributed by atoms with Crippen molar-refractivity contribution in [3.05, 3.63) is 59.4 Å². The molecular formula is C23H26FNO4. The van der Waals surface area contributed by atoms with E-state index in [9.17, 15) is 14.0 Å². The molecule has 1 unspecified atom stereocenters. The van der Waals surface area contributed by atoms with Crippen molar-refractivity contribution >= 4 is 11.9 Å². The van der Waals surface area contributed by atoms with Gasteiger partial charge < -0.3 is 14.4 Å². The van der Waals surface area contributed by atoms with Crippen LogP contribution in [0.15, 0.2) is 42.5 Å². The maximum absolute atomic E-state index is 14.7. The molecule has 0 spiro atoms. The molecule has 154 valence electrons. The van der Waals surface area contributed by atoms with Crippen LogP contribution >= 0.6 is 0 Å². The van der Waals surface area contributed by atoms with Gasteiger partial charge >= 0.3 is 6.09 Å². The molecule has 6 heteroatoms. The number of rotatable bonds is 3. The Morgan fingerprint density at radius 1 is 1.17 bits per heavy atom. The van der Waals surface area contributed by atoms with Crippen molar-refractivity contribution in [2.45, 2.75) is 39.4 Å². The maximum atomic E-state index is 14.7. The predicted molar refractivity (Wildman–Crippen MR) is 108 cm³/mol. The number of benzene rings is 2. The second-order valence-corrected chi connectivity index (χ2v) is 8.18. The van der Waals surface area contributed by atoms with E-state index in [1.54, 1.807) is 32.9 Å². The normalized spacial score (nSPS) is 17.1. The molecule has 29 heavy (non-hydrogen) atoms. The number of amides is 1. The topological polar surface area (TPSA) is 55.8 Å². The zero-order valence-electron chi connectivity index (χ0n) is 17.2. The van der Waals surface area contributed by atoms with Crippen LogP contribution in [0.25, 0.3) is 11.1 Å². The lowest BCUT2D eigenvalue weighted by Gasteiger charge is -2.33. The van der Waals surface area contributed by atoms with Gasteiger partial charge in [-0.1, -0.05) is 42.0 Å². The Balaban J connectivity index is 1.87. The first-order valence-corrected chi connectivity index (χ1v) is 9.65. The third-order valence-corrected chi connectivity index (χ3v) is 4.60. The van der Waals surface area contributed by atoms with Crippen molar-refractivity contribution in [2.24, 2.45) is 0 Å². The Morgan fingerprint density at radius 3 is 2.59 bits per heavy atom. The number of hydrogen-bond donors (Lipinski definition) is 0. The van der Waals surface area contributed by atoms with Crippen LogP contribution in [0.3, 0.4) is 0 Å². The molecule has 2 aromatic rings. The highest BCUT2D eigenvalue weighted by molar-refractivity contribution is 6.05. The van der Waals surface area contributed by atoms with Gasteiger partial charge in [0, 0.05) is 17.7 Å². The third-order valence-electron chi connectivity index (χ3n) is 4.60. The van der Waals surface area contributed by atoms with Gasteiger partial charge in [-0.05, 0) is 39.3 Å². The summed E-state index contributed by atoms with van der Waals surface area (Å²) in [6, 6.07) is 11.8. The fraction of sp³-hybridized carbons (Fsp3) is 0.391. The number of ether oxygens (including phenoxy) is 2. The average Bonchev–Trinajstić information content (AvgIpc) is 2.66. The summed E-state index contributed by atoms with van der Waals surface area (Å²) in [5.41, 5.74) is 1.46. The molecule has 1 amide bonds. The molecule has 1 fully saturated rings. The van der Waals surface area contributed by atoms with Gasteiger partial charge in [0.15, 0.2) is 5.78 Å². The van der Waals surface area contributed by atoms with Gasteiger partial charge in [0.2, 0.25) is 0 Å². The van der Waals surface area contributed by atoms with Gasteiger partial charge in [-0.3, -0.25) is 4.79 Å². The molecule has 0 N–H and O–H groups in total. The zero-order valence-corrected chi connectivity index (χ0v) is 17.2. The molecule has 1 atom stereocenters. The van der Waals surface area contributed by atoms with Crippen molar-refractivity contribution in [1.82, 2.24) is 4.90 Å². The fourth-order valence-corrected chi connectivity index (χ4v) is 3.30. The Labute approximate surface area is 170 Å². The van der Waals surface area contributed by atoms with Gasteiger partial charge in [-0.2, -0.15) is 0 Å². The lowest BCUT2D eigenvalue weighted by Crippen LogP contribution is -2.50. The first-order valence-electron chi connectivity index (χ1n) is 9.65. The third kappa shape index (κ3) is 5.01. The van der Waals surface area contributed by atoms with E-state index in [-0.39, 0.29) is 30.1 Å². The van der Waals surface area contributed by atoms with Crippen molar-refractivity contribution < 1.29 is 23.5 Å². The van der Waals surface area contributed by atoms with E-state index >= 15 is 0 Å². The van der Waals surface area contributed by atoms with Crippen LogP contribution in [-0.4, -0.2) is 48.2 Å². The van der Waals surface area contributed by atoms with Crippen LogP contribution in [0, 0.1) is 12.7 Å². The Hall–Kier alpha value is -2.73. The quantitative estimate of drug-likeness (QED) is 0.707. The molecule has 1 aliphatic rings. The number of nitrogens with zero attached hydrogens (tertiary/aromatic N) is 1. The van der Waals surface area contributed by atoms with Crippen LogP contribution in [0.4, 0.5) is 9.18 Å². The molecule has 5 nitrogen and oxygen atoms in total. The van der Waals surface area contributed by atoms with E-state index in [0.717, 1.165) is 5.56 Å². The predicted octanol–water partition coefficient (Wildman–Crippen LogP) is 4.62. The largest absolute Gasteiger partial charge is 0.444 e. The minimum atomic E-state index is -0.873. The minimum absolute atomic E-state index is 0.0670. The molecule has 0 saturated carbocycles. The van der Waals surface area contributed by atoms with Crippen LogP contribution in [0.2, 0.25) is 0 Å². The van der Waals surface area contributed by atoms with Crippen molar-refractivity contribution in [1.29, 1.82) is 0 Å². The van der Waals surface area contributed by atoms with E-state index in [1.165, 1.54) is 17.0 Å². The number of morpholine rings is 1. The molecule has 2 aromatic carbocycles. The fourth-order valence-electron chi connectivity index (χ4n) is 3.30. The van der Waals surface area contributed by atoms with Crippen LogP contribution in [0.5, 0.6) is 0 Å². The molecule has 0 radical (unpaired) electrons. The Morgan fingerprint density at radius 2 is 1.90 bits per heavy atom. The molecule has 1 heterocycles. The number of Topliss-reactive ketones (excluding diaryl/α,β-unsaturated/α-hetero) is 1. The number of ketones is 1. The van der Waals surface area contributed by atoms with E-state index in [4.69, 9.17) is 9.47 Å². The first-order chi connectivity index (χ1) is 13.7. The van der Waals surface area contributed by atoms with E-state index in [1.807, 2.05) is 25.1 Å². The van der Waals surface area contributed by atoms with Gasteiger partial charge in [-0.15, -0.1) is 0 Å². The summed E-state index contributed by atoms with van der Waals surface area (Å²) in [6.45, 7) is 7.89. The number of carbonyl (C=O) groups is 2. The monoisotopic (exact) mass is 399 g/mol. The molecular weight excluding hydrogens is 373 g/mol. The summed E-state index contributed by atoms with van der Waals surface area (Å²) in [7, 11) is 0. The summed E-state index contributed by atoms with van der Waals surface area (Å²) in [6.07, 6.45) is -1.36. The smallest absolute Gasteiger partial charge is 0.410 e. The summed E-state index contributed by atoms with van der Waals surface area (Å²) >= 11 is 0. The van der Waals surface area contributed by atoms with Gasteiger partial charge in [0.1, 0.15) is 17.5 Å². The maximum Gasteiger partial charge on any atom is 0.410 e. The summed E-state index contributed by atoms with van der Waals surface area (Å²) in [5, 5.41) is 0. The number of aryl methyl sites for hydroxylation is 1. The van der Waals surface area contributed by atoms with Gasteiger partial charge in [0.05, 0.1) is 13.2 Å². The summed E-state index contributed by atoms with van der Waals surface area (Å²) in [5.74, 6) is -0.824. The summed E-state index contributed by atoms with van der Waals surface area (Å²) < 4.78 is 25.7. The highest BCUT2D eigenvalue weighted by Gasteiger charge is 2.33. The summed E-state index contributed by atoms with van der Waals surface area (Å²) in [4.78, 5) is 27.1.